The van der Waals surface area contributed by atoms with Crippen molar-refractivity contribution in [1.29, 1.82) is 0 Å². The largest absolute Gasteiger partial charge is 0.756 e. The van der Waals surface area contributed by atoms with Gasteiger partial charge in [0.1, 0.15) is 13.2 Å². The fourth-order valence-corrected chi connectivity index (χ4v) is 5.10. The number of amides is 1. The highest BCUT2D eigenvalue weighted by molar-refractivity contribution is 7.45. The fraction of sp³-hybridized carbons (Fsp3) is 0.750. The van der Waals surface area contributed by atoms with E-state index in [-0.39, 0.29) is 12.5 Å². The van der Waals surface area contributed by atoms with Crippen molar-refractivity contribution in [3.05, 3.63) is 48.6 Å². The predicted octanol–water partition coefficient (Wildman–Crippen LogP) is 7.94. The zero-order valence-electron chi connectivity index (χ0n) is 29.3. The third-order valence-corrected chi connectivity index (χ3v) is 8.25. The second-order valence-corrected chi connectivity index (χ2v) is 14.3. The first-order valence-electron chi connectivity index (χ1n) is 17.5. The molecular weight excluding hydrogens is 587 g/mol. The van der Waals surface area contributed by atoms with Crippen LogP contribution in [0.25, 0.3) is 0 Å². The summed E-state index contributed by atoms with van der Waals surface area (Å²) in [6.07, 6.45) is 33.5. The molecule has 0 saturated heterocycles. The van der Waals surface area contributed by atoms with Crippen LogP contribution in [0.3, 0.4) is 0 Å². The van der Waals surface area contributed by atoms with Crippen molar-refractivity contribution in [3.8, 4) is 0 Å². The number of allylic oxidation sites excluding steroid dienone is 7. The van der Waals surface area contributed by atoms with Crippen LogP contribution in [0.1, 0.15) is 123 Å². The molecule has 3 atom stereocenters. The van der Waals surface area contributed by atoms with Crippen molar-refractivity contribution in [2.24, 2.45) is 0 Å². The highest BCUT2D eigenvalue weighted by Crippen LogP contribution is 2.38. The monoisotopic (exact) mass is 654 g/mol. The Hall–Kier alpha value is -1.54. The van der Waals surface area contributed by atoms with Crippen LogP contribution in [-0.2, 0) is 18.4 Å². The first-order chi connectivity index (χ1) is 21.5. The van der Waals surface area contributed by atoms with E-state index in [0.717, 1.165) is 64.2 Å². The highest BCUT2D eigenvalue weighted by Gasteiger charge is 2.23. The van der Waals surface area contributed by atoms with E-state index in [4.69, 9.17) is 9.05 Å². The number of carbonyl (C=O) groups is 1. The molecule has 3 unspecified atom stereocenters. The van der Waals surface area contributed by atoms with E-state index in [1.54, 1.807) is 6.08 Å². The summed E-state index contributed by atoms with van der Waals surface area (Å²) < 4.78 is 22.8. The second kappa shape index (κ2) is 28.7. The van der Waals surface area contributed by atoms with Gasteiger partial charge in [-0.05, 0) is 51.4 Å². The highest BCUT2D eigenvalue weighted by atomic mass is 31.2. The number of likely N-dealkylation sites (N-methyl/N-ethyl adjacent to an activating group) is 1. The molecule has 0 spiro atoms. The van der Waals surface area contributed by atoms with Gasteiger partial charge in [0, 0.05) is 6.42 Å². The molecule has 0 saturated carbocycles. The van der Waals surface area contributed by atoms with Gasteiger partial charge in [0.25, 0.3) is 7.82 Å². The minimum atomic E-state index is -4.57. The number of hydrogen-bond acceptors (Lipinski definition) is 6. The molecule has 45 heavy (non-hydrogen) atoms. The normalized spacial score (nSPS) is 15.4. The van der Waals surface area contributed by atoms with Gasteiger partial charge in [-0.3, -0.25) is 9.36 Å². The Morgan fingerprint density at radius 2 is 1.31 bits per heavy atom. The Bertz CT molecular complexity index is 881. The molecule has 8 nitrogen and oxygen atoms in total. The van der Waals surface area contributed by atoms with Crippen LogP contribution in [0, 0.1) is 0 Å². The second-order valence-electron chi connectivity index (χ2n) is 12.9. The molecule has 0 aliphatic rings. The number of quaternary nitrogens is 1. The van der Waals surface area contributed by atoms with E-state index >= 15 is 0 Å². The standard InChI is InChI=1S/C36H67N2O6P/c1-6-8-10-12-13-14-15-16-17-18-19-20-21-22-23-24-25-26-28-30-36(40)37-34(35(39)29-27-11-9-7-2)33-44-45(41,42)43-32-31-38(3,4)5/h13-14,16-17,19-20,27,29,34-35,39H,6-12,15,18,21-26,28,30-33H2,1-5H3,(H-,37,40,41,42)/b14-13-,17-16-,20-19-,29-27+. The number of unbranched alkanes of at least 4 members (excludes halogenated alkanes) is 11. The van der Waals surface area contributed by atoms with E-state index in [0.29, 0.717) is 17.4 Å². The minimum absolute atomic E-state index is 0.00729. The van der Waals surface area contributed by atoms with Gasteiger partial charge in [0.2, 0.25) is 5.91 Å². The maximum absolute atomic E-state index is 12.6. The van der Waals surface area contributed by atoms with Crippen molar-refractivity contribution < 1.29 is 32.9 Å². The number of hydrogen-bond donors (Lipinski definition) is 2. The molecule has 262 valence electrons. The molecule has 0 heterocycles. The lowest BCUT2D eigenvalue weighted by atomic mass is 10.1. The maximum atomic E-state index is 12.6. The summed E-state index contributed by atoms with van der Waals surface area (Å²) in [5.74, 6) is -0.224. The molecule has 9 heteroatoms. The molecule has 0 rings (SSSR count). The number of aliphatic hydroxyl groups is 1. The Kier molecular flexibility index (Phi) is 27.7. The predicted molar refractivity (Wildman–Crippen MR) is 187 cm³/mol. The number of rotatable bonds is 30. The average Bonchev–Trinajstić information content (AvgIpc) is 2.97. The number of carbonyl (C=O) groups excluding carboxylic acids is 1. The van der Waals surface area contributed by atoms with Gasteiger partial charge in [-0.1, -0.05) is 114 Å². The van der Waals surface area contributed by atoms with Crippen molar-refractivity contribution in [2.45, 2.75) is 135 Å². The van der Waals surface area contributed by atoms with Crippen molar-refractivity contribution in [3.63, 3.8) is 0 Å². The van der Waals surface area contributed by atoms with Gasteiger partial charge >= 0.3 is 0 Å². The van der Waals surface area contributed by atoms with E-state index in [9.17, 15) is 19.4 Å². The van der Waals surface area contributed by atoms with E-state index < -0.39 is 26.6 Å². The molecule has 1 amide bonds. The maximum Gasteiger partial charge on any atom is 0.268 e. The Balaban J connectivity index is 4.27. The van der Waals surface area contributed by atoms with Crippen molar-refractivity contribution >= 4 is 13.7 Å². The Morgan fingerprint density at radius 1 is 0.778 bits per heavy atom. The van der Waals surface area contributed by atoms with Crippen LogP contribution in [0.5, 0.6) is 0 Å². The SMILES string of the molecule is CCCC/C=C/C(O)C(COP(=O)([O-])OCC[N+](C)(C)C)NC(=O)CCCCCCCC/C=C\C/C=C\C/C=C\CCCCC. The van der Waals surface area contributed by atoms with Crippen LogP contribution in [0.4, 0.5) is 0 Å². The van der Waals surface area contributed by atoms with Gasteiger partial charge in [-0.25, -0.2) is 0 Å². The van der Waals surface area contributed by atoms with Crippen LogP contribution in [0.2, 0.25) is 0 Å². The zero-order chi connectivity index (χ0) is 33.7. The van der Waals surface area contributed by atoms with Gasteiger partial charge < -0.3 is 28.8 Å². The van der Waals surface area contributed by atoms with Crippen molar-refractivity contribution in [1.82, 2.24) is 5.32 Å². The Morgan fingerprint density at radius 3 is 1.91 bits per heavy atom. The summed E-state index contributed by atoms with van der Waals surface area (Å²) in [5.41, 5.74) is 0. The molecule has 0 bridgehead atoms. The lowest BCUT2D eigenvalue weighted by Gasteiger charge is -2.29. The summed E-state index contributed by atoms with van der Waals surface area (Å²) in [4.78, 5) is 24.9. The molecule has 0 aliphatic carbocycles. The quantitative estimate of drug-likeness (QED) is 0.0353. The summed E-state index contributed by atoms with van der Waals surface area (Å²) in [7, 11) is 1.23. The van der Waals surface area contributed by atoms with Crippen LogP contribution < -0.4 is 10.2 Å². The summed E-state index contributed by atoms with van der Waals surface area (Å²) in [6, 6.07) is -0.889. The van der Waals surface area contributed by atoms with Crippen LogP contribution in [-0.4, -0.2) is 68.5 Å². The van der Waals surface area contributed by atoms with E-state index in [1.807, 2.05) is 27.2 Å². The summed E-state index contributed by atoms with van der Waals surface area (Å²) in [6.45, 7) is 4.41. The molecule has 0 aromatic rings. The van der Waals surface area contributed by atoms with Crippen molar-refractivity contribution in [2.75, 3.05) is 40.9 Å². The topological polar surface area (TPSA) is 108 Å². The smallest absolute Gasteiger partial charge is 0.268 e. The number of aliphatic hydroxyl groups excluding tert-OH is 1. The molecule has 0 fully saturated rings. The van der Waals surface area contributed by atoms with Gasteiger partial charge in [0.15, 0.2) is 0 Å². The lowest BCUT2D eigenvalue weighted by Crippen LogP contribution is -2.45. The van der Waals surface area contributed by atoms with E-state index in [2.05, 4.69) is 55.6 Å². The van der Waals surface area contributed by atoms with Gasteiger partial charge in [-0.2, -0.15) is 0 Å². The number of phosphoric ester groups is 1. The molecule has 0 aromatic heterocycles. The zero-order valence-corrected chi connectivity index (χ0v) is 30.2. The van der Waals surface area contributed by atoms with Gasteiger partial charge in [0.05, 0.1) is 39.9 Å². The first-order valence-corrected chi connectivity index (χ1v) is 19.0. The summed E-state index contributed by atoms with van der Waals surface area (Å²) >= 11 is 0. The fourth-order valence-electron chi connectivity index (χ4n) is 4.38. The number of phosphoric acid groups is 1. The number of nitrogens with zero attached hydrogens (tertiary/aromatic N) is 1. The average molecular weight is 655 g/mol. The summed E-state index contributed by atoms with van der Waals surface area (Å²) in [5, 5.41) is 13.4. The third-order valence-electron chi connectivity index (χ3n) is 7.28. The molecule has 2 N–H and O–H groups in total. The van der Waals surface area contributed by atoms with E-state index in [1.165, 1.54) is 38.5 Å². The van der Waals surface area contributed by atoms with Crippen LogP contribution in [0.15, 0.2) is 48.6 Å². The Labute approximate surface area is 276 Å². The minimum Gasteiger partial charge on any atom is -0.756 e. The molecular formula is C36H67N2O6P. The van der Waals surface area contributed by atoms with Gasteiger partial charge in [-0.15, -0.1) is 0 Å². The molecule has 0 aromatic carbocycles. The third kappa shape index (κ3) is 30.9. The molecule has 0 radical (unpaired) electrons. The number of nitrogens with one attached hydrogen (secondary N) is 1. The first kappa shape index (κ1) is 43.5. The van der Waals surface area contributed by atoms with Crippen LogP contribution >= 0.6 is 7.82 Å². The molecule has 0 aliphatic heterocycles. The lowest BCUT2D eigenvalue weighted by molar-refractivity contribution is -0.870.